The minimum Gasteiger partial charge on any atom is -0.497 e. The van der Waals surface area contributed by atoms with Crippen molar-refractivity contribution in [1.82, 2.24) is 0 Å². The quantitative estimate of drug-likeness (QED) is 0.613. The van der Waals surface area contributed by atoms with E-state index in [2.05, 4.69) is 5.16 Å². The Hall–Kier alpha value is -3.56. The highest BCUT2D eigenvalue weighted by atomic mass is 19.4. The van der Waals surface area contributed by atoms with Crippen molar-refractivity contribution in [1.29, 1.82) is 0 Å². The summed E-state index contributed by atoms with van der Waals surface area (Å²) in [5, 5.41) is 4.32. The van der Waals surface area contributed by atoms with Crippen LogP contribution in [0.5, 0.6) is 11.5 Å². The fourth-order valence-corrected chi connectivity index (χ4v) is 6.43. The van der Waals surface area contributed by atoms with Gasteiger partial charge in [-0.15, -0.1) is 0 Å². The Morgan fingerprint density at radius 2 is 1.71 bits per heavy atom. The molecule has 6 unspecified atom stereocenters. The number of alkyl halides is 3. The number of carbonyl (C=O) groups is 2. The fourth-order valence-electron chi connectivity index (χ4n) is 6.43. The highest BCUT2D eigenvalue weighted by Crippen LogP contribution is 2.62. The molecule has 35 heavy (non-hydrogen) atoms. The molecule has 2 amide bonds. The normalized spacial score (nSPS) is 30.8. The molecular formula is C25H21F3N2O5. The summed E-state index contributed by atoms with van der Waals surface area (Å²) in [6, 6.07) is 9.68. The number of halogens is 3. The molecular weight excluding hydrogens is 465 g/mol. The number of rotatable bonds is 4. The van der Waals surface area contributed by atoms with Crippen molar-refractivity contribution >= 4 is 23.2 Å². The predicted molar refractivity (Wildman–Crippen MR) is 117 cm³/mol. The van der Waals surface area contributed by atoms with E-state index in [-0.39, 0.29) is 29.5 Å². The smallest absolute Gasteiger partial charge is 0.416 e. The fraction of sp³-hybridized carbons (Fsp3) is 0.400. The number of oxime groups is 1. The van der Waals surface area contributed by atoms with Gasteiger partial charge in [0, 0.05) is 23.5 Å². The summed E-state index contributed by atoms with van der Waals surface area (Å²) >= 11 is 0. The number of nitrogens with zero attached hydrogens (tertiary/aromatic N) is 2. The van der Waals surface area contributed by atoms with Crippen LogP contribution in [0, 0.1) is 29.6 Å². The number of fused-ring (bicyclic) bond motifs is 8. The highest BCUT2D eigenvalue weighted by Gasteiger charge is 2.70. The number of anilines is 1. The molecule has 2 saturated carbocycles. The van der Waals surface area contributed by atoms with Crippen molar-refractivity contribution in [2.24, 2.45) is 34.7 Å². The van der Waals surface area contributed by atoms with Crippen molar-refractivity contribution in [3.05, 3.63) is 53.6 Å². The van der Waals surface area contributed by atoms with Crippen LogP contribution < -0.4 is 14.4 Å². The van der Waals surface area contributed by atoms with Crippen LogP contribution in [-0.2, 0) is 20.6 Å². The van der Waals surface area contributed by atoms with E-state index in [0.717, 1.165) is 22.6 Å². The lowest BCUT2D eigenvalue weighted by molar-refractivity contribution is -0.137. The van der Waals surface area contributed by atoms with Crippen LogP contribution in [0.15, 0.2) is 47.6 Å². The Labute approximate surface area is 198 Å². The lowest BCUT2D eigenvalue weighted by Crippen LogP contribution is -2.41. The summed E-state index contributed by atoms with van der Waals surface area (Å²) in [4.78, 5) is 33.6. The molecule has 6 rings (SSSR count). The number of imide groups is 1. The summed E-state index contributed by atoms with van der Waals surface area (Å²) < 4.78 is 50.5. The Morgan fingerprint density at radius 3 is 2.40 bits per heavy atom. The second-order valence-electron chi connectivity index (χ2n) is 9.31. The van der Waals surface area contributed by atoms with Gasteiger partial charge in [-0.25, -0.2) is 0 Å². The molecule has 2 aliphatic heterocycles. The predicted octanol–water partition coefficient (Wildman–Crippen LogP) is 3.90. The standard InChI is InChI=1S/C25H21F3N2O5/c1-33-13-6-7-14(17(9-13)34-2)21-20-15-10-16(22(20)35-29-21)19-18(15)23(31)30(24(19)32)12-5-3-4-11(8-12)25(26,27)28/h3-9,15-16,18-20,22H,10H2,1-2H3. The van der Waals surface area contributed by atoms with Gasteiger partial charge in [0.15, 0.2) is 0 Å². The molecule has 2 bridgehead atoms. The zero-order valence-electron chi connectivity index (χ0n) is 18.8. The Kier molecular flexibility index (Phi) is 4.68. The van der Waals surface area contributed by atoms with Crippen LogP contribution in [0.2, 0.25) is 0 Å². The Bertz CT molecular complexity index is 1280. The van der Waals surface area contributed by atoms with Gasteiger partial charge >= 0.3 is 6.18 Å². The number of ether oxygens (including phenoxy) is 2. The number of methoxy groups -OCH3 is 2. The van der Waals surface area contributed by atoms with E-state index in [1.54, 1.807) is 19.2 Å². The molecule has 0 radical (unpaired) electrons. The van der Waals surface area contributed by atoms with Crippen LogP contribution in [0.25, 0.3) is 0 Å². The molecule has 10 heteroatoms. The lowest BCUT2D eigenvalue weighted by atomic mass is 9.71. The van der Waals surface area contributed by atoms with Gasteiger partial charge in [0.05, 0.1) is 43.0 Å². The first kappa shape index (κ1) is 21.9. The zero-order chi connectivity index (χ0) is 24.6. The zero-order valence-corrected chi connectivity index (χ0v) is 18.8. The van der Waals surface area contributed by atoms with Crippen LogP contribution in [0.4, 0.5) is 18.9 Å². The van der Waals surface area contributed by atoms with Gasteiger partial charge in [0.25, 0.3) is 0 Å². The summed E-state index contributed by atoms with van der Waals surface area (Å²) in [7, 11) is 3.09. The Morgan fingerprint density at radius 1 is 0.971 bits per heavy atom. The first-order valence-corrected chi connectivity index (χ1v) is 11.3. The second kappa shape index (κ2) is 7.47. The van der Waals surface area contributed by atoms with Gasteiger partial charge < -0.3 is 14.3 Å². The maximum Gasteiger partial charge on any atom is 0.416 e. The van der Waals surface area contributed by atoms with E-state index in [0.29, 0.717) is 23.6 Å². The monoisotopic (exact) mass is 486 g/mol. The number of hydrogen-bond donors (Lipinski definition) is 0. The SMILES string of the molecule is COc1ccc(C2=NOC3C4CC(C23)C2C(=O)N(c3cccc(C(F)(F)F)c3)C(=O)C42)c(OC)c1. The van der Waals surface area contributed by atoms with Crippen molar-refractivity contribution in [3.63, 3.8) is 0 Å². The topological polar surface area (TPSA) is 77.4 Å². The second-order valence-corrected chi connectivity index (χ2v) is 9.31. The van der Waals surface area contributed by atoms with E-state index in [4.69, 9.17) is 14.3 Å². The van der Waals surface area contributed by atoms with Crippen molar-refractivity contribution < 1.29 is 37.1 Å². The van der Waals surface area contributed by atoms with Crippen molar-refractivity contribution in [3.8, 4) is 11.5 Å². The van der Waals surface area contributed by atoms with Gasteiger partial charge in [0.1, 0.15) is 17.6 Å². The van der Waals surface area contributed by atoms with E-state index < -0.39 is 35.4 Å². The molecule has 7 nitrogen and oxygen atoms in total. The number of hydrogen-bond acceptors (Lipinski definition) is 6. The molecule has 4 aliphatic rings. The molecule has 0 aromatic heterocycles. The third-order valence-electron chi connectivity index (χ3n) is 7.81. The average Bonchev–Trinajstić information content (AvgIpc) is 3.58. The van der Waals surface area contributed by atoms with Crippen LogP contribution >= 0.6 is 0 Å². The van der Waals surface area contributed by atoms with Gasteiger partial charge in [-0.1, -0.05) is 11.2 Å². The number of benzene rings is 2. The summed E-state index contributed by atoms with van der Waals surface area (Å²) in [6.45, 7) is 0. The average molecular weight is 486 g/mol. The van der Waals surface area contributed by atoms with Crippen molar-refractivity contribution in [2.75, 3.05) is 19.1 Å². The van der Waals surface area contributed by atoms with Gasteiger partial charge in [0.2, 0.25) is 11.8 Å². The third kappa shape index (κ3) is 3.01. The molecule has 2 heterocycles. The lowest BCUT2D eigenvalue weighted by Gasteiger charge is -2.30. The van der Waals surface area contributed by atoms with E-state index >= 15 is 0 Å². The van der Waals surface area contributed by atoms with Crippen LogP contribution in [0.3, 0.4) is 0 Å². The van der Waals surface area contributed by atoms with Crippen molar-refractivity contribution in [2.45, 2.75) is 18.7 Å². The summed E-state index contributed by atoms with van der Waals surface area (Å²) in [6.07, 6.45) is -4.33. The molecule has 3 fully saturated rings. The van der Waals surface area contributed by atoms with Crippen LogP contribution in [0.1, 0.15) is 17.5 Å². The maximum absolute atomic E-state index is 13.5. The van der Waals surface area contributed by atoms with Gasteiger partial charge in [-0.3, -0.25) is 14.5 Å². The summed E-state index contributed by atoms with van der Waals surface area (Å²) in [5.41, 5.74) is 0.409. The van der Waals surface area contributed by atoms with E-state index in [1.807, 2.05) is 6.07 Å². The molecule has 1 saturated heterocycles. The van der Waals surface area contributed by atoms with Crippen LogP contribution in [-0.4, -0.2) is 37.8 Å². The third-order valence-corrected chi connectivity index (χ3v) is 7.81. The minimum atomic E-state index is -4.58. The first-order chi connectivity index (χ1) is 16.7. The maximum atomic E-state index is 13.5. The molecule has 0 spiro atoms. The van der Waals surface area contributed by atoms with E-state index in [9.17, 15) is 22.8 Å². The molecule has 2 aromatic carbocycles. The number of amides is 2. The number of carbonyl (C=O) groups excluding carboxylic acids is 2. The minimum absolute atomic E-state index is 0.0552. The van der Waals surface area contributed by atoms with Gasteiger partial charge in [-0.2, -0.15) is 13.2 Å². The van der Waals surface area contributed by atoms with Gasteiger partial charge in [-0.05, 0) is 42.7 Å². The first-order valence-electron chi connectivity index (χ1n) is 11.3. The molecule has 6 atom stereocenters. The van der Waals surface area contributed by atoms with E-state index in [1.165, 1.54) is 19.2 Å². The largest absolute Gasteiger partial charge is 0.497 e. The molecule has 2 aromatic rings. The Balaban J connectivity index is 1.34. The highest BCUT2D eigenvalue weighted by molar-refractivity contribution is 6.23. The summed E-state index contributed by atoms with van der Waals surface area (Å²) in [5.74, 6) is -1.70. The molecule has 182 valence electrons. The molecule has 2 aliphatic carbocycles. The molecule has 0 N–H and O–H groups in total.